The largest absolute Gasteiger partial charge is 0.371 e. The highest BCUT2D eigenvalue weighted by Crippen LogP contribution is 2.21. The number of hydrogen-bond acceptors (Lipinski definition) is 4. The van der Waals surface area contributed by atoms with Gasteiger partial charge in [-0.1, -0.05) is 36.4 Å². The number of carbonyl (C=O) groups is 3. The van der Waals surface area contributed by atoms with E-state index >= 15 is 0 Å². The Hall–Kier alpha value is -3.26. The summed E-state index contributed by atoms with van der Waals surface area (Å²) in [7, 11) is 0. The molecule has 3 atom stereocenters. The van der Waals surface area contributed by atoms with Crippen LogP contribution in [-0.4, -0.2) is 65.3 Å². The lowest BCUT2D eigenvalue weighted by molar-refractivity contribution is -0.156. The maximum absolute atomic E-state index is 13.5. The second-order valence-corrected chi connectivity index (χ2v) is 7.80. The zero-order valence-corrected chi connectivity index (χ0v) is 17.2. The fraction of sp³-hybridized carbons (Fsp3) is 0.348. The highest BCUT2D eigenvalue weighted by atomic mass is 19.1. The molecule has 0 spiro atoms. The first-order valence-corrected chi connectivity index (χ1v) is 10.3. The maximum atomic E-state index is 13.5. The van der Waals surface area contributed by atoms with E-state index in [0.717, 1.165) is 5.56 Å². The van der Waals surface area contributed by atoms with Crippen molar-refractivity contribution in [2.75, 3.05) is 19.6 Å². The summed E-state index contributed by atoms with van der Waals surface area (Å²) in [4.78, 5) is 41.5. The topological polar surface area (TPSA) is 79.0 Å². The first-order chi connectivity index (χ1) is 14.9. The predicted molar refractivity (Wildman–Crippen MR) is 110 cm³/mol. The van der Waals surface area contributed by atoms with Gasteiger partial charge in [0.1, 0.15) is 17.9 Å². The van der Waals surface area contributed by atoms with Crippen LogP contribution < -0.4 is 5.32 Å². The molecular weight excluding hydrogens is 401 g/mol. The van der Waals surface area contributed by atoms with Gasteiger partial charge in [-0.15, -0.1) is 0 Å². The third kappa shape index (κ3) is 4.44. The van der Waals surface area contributed by atoms with Crippen LogP contribution in [0.15, 0.2) is 54.6 Å². The lowest BCUT2D eigenvalue weighted by Crippen LogP contribution is -2.71. The SMILES string of the molecule is C[C@H](OCc1ccccc1)[C@@H]1NC(=O)[C@H]2CN(C(=O)c3cccc(F)c3)CCN2C1=O. The molecule has 0 bridgehead atoms. The monoisotopic (exact) mass is 425 g/mol. The Kier molecular flexibility index (Phi) is 5.99. The second kappa shape index (κ2) is 8.85. The van der Waals surface area contributed by atoms with Crippen LogP contribution in [0, 0.1) is 5.82 Å². The summed E-state index contributed by atoms with van der Waals surface area (Å²) in [5, 5.41) is 2.76. The molecule has 2 heterocycles. The lowest BCUT2D eigenvalue weighted by Gasteiger charge is -2.46. The number of amides is 3. The van der Waals surface area contributed by atoms with Gasteiger partial charge in [0, 0.05) is 18.7 Å². The average molecular weight is 425 g/mol. The zero-order chi connectivity index (χ0) is 22.0. The molecule has 1 N–H and O–H groups in total. The minimum Gasteiger partial charge on any atom is -0.371 e. The summed E-state index contributed by atoms with van der Waals surface area (Å²) in [5.74, 6) is -1.40. The number of halogens is 1. The van der Waals surface area contributed by atoms with Crippen molar-refractivity contribution in [3.8, 4) is 0 Å². The Morgan fingerprint density at radius 3 is 2.68 bits per heavy atom. The molecule has 0 radical (unpaired) electrons. The molecule has 4 rings (SSSR count). The Balaban J connectivity index is 1.40. The molecule has 7 nitrogen and oxygen atoms in total. The van der Waals surface area contributed by atoms with Gasteiger partial charge in [-0.25, -0.2) is 4.39 Å². The number of benzene rings is 2. The van der Waals surface area contributed by atoms with Crippen LogP contribution in [0.3, 0.4) is 0 Å². The van der Waals surface area contributed by atoms with Crippen LogP contribution in [0.25, 0.3) is 0 Å². The number of carbonyl (C=O) groups excluding carboxylic acids is 3. The van der Waals surface area contributed by atoms with Crippen LogP contribution >= 0.6 is 0 Å². The number of piperazine rings is 2. The number of nitrogens with zero attached hydrogens (tertiary/aromatic N) is 2. The molecule has 2 saturated heterocycles. The predicted octanol–water partition coefficient (Wildman–Crippen LogP) is 1.58. The first-order valence-electron chi connectivity index (χ1n) is 10.3. The van der Waals surface area contributed by atoms with Crippen LogP contribution in [-0.2, 0) is 20.9 Å². The van der Waals surface area contributed by atoms with Gasteiger partial charge < -0.3 is 19.9 Å². The van der Waals surface area contributed by atoms with E-state index in [2.05, 4.69) is 5.32 Å². The smallest absolute Gasteiger partial charge is 0.254 e. The molecule has 31 heavy (non-hydrogen) atoms. The molecule has 2 aromatic carbocycles. The maximum Gasteiger partial charge on any atom is 0.254 e. The van der Waals surface area contributed by atoms with E-state index in [1.165, 1.54) is 34.1 Å². The molecule has 8 heteroatoms. The second-order valence-electron chi connectivity index (χ2n) is 7.80. The summed E-state index contributed by atoms with van der Waals surface area (Å²) >= 11 is 0. The fourth-order valence-corrected chi connectivity index (χ4v) is 3.97. The summed E-state index contributed by atoms with van der Waals surface area (Å²) in [6, 6.07) is 13.5. The van der Waals surface area contributed by atoms with Crippen molar-refractivity contribution < 1.29 is 23.5 Å². The van der Waals surface area contributed by atoms with E-state index < -0.39 is 24.0 Å². The van der Waals surface area contributed by atoms with Gasteiger partial charge in [0.05, 0.1) is 19.3 Å². The molecule has 162 valence electrons. The van der Waals surface area contributed by atoms with Gasteiger partial charge in [-0.05, 0) is 30.7 Å². The van der Waals surface area contributed by atoms with E-state index in [9.17, 15) is 18.8 Å². The molecule has 2 aliphatic heterocycles. The van der Waals surface area contributed by atoms with E-state index in [-0.39, 0.29) is 42.9 Å². The van der Waals surface area contributed by atoms with Crippen molar-refractivity contribution in [1.29, 1.82) is 0 Å². The standard InChI is InChI=1S/C23H24FN3O4/c1-15(31-14-16-6-3-2-4-7-16)20-23(30)27-11-10-26(13-19(27)21(28)25-20)22(29)17-8-5-9-18(24)12-17/h2-9,12,15,19-20H,10-11,13-14H2,1H3,(H,25,28)/t15-,19+,20-/m0/s1. The van der Waals surface area contributed by atoms with Crippen LogP contribution in [0.1, 0.15) is 22.8 Å². The molecule has 3 amide bonds. The third-order valence-electron chi connectivity index (χ3n) is 5.71. The lowest BCUT2D eigenvalue weighted by atomic mass is 10.0. The fourth-order valence-electron chi connectivity index (χ4n) is 3.97. The van der Waals surface area contributed by atoms with Crippen molar-refractivity contribution in [2.45, 2.75) is 31.7 Å². The molecule has 0 saturated carbocycles. The molecule has 0 aromatic heterocycles. The van der Waals surface area contributed by atoms with E-state index in [1.807, 2.05) is 30.3 Å². The minimum absolute atomic E-state index is 0.0683. The molecular formula is C23H24FN3O4. The normalized spacial score (nSPS) is 22.0. The average Bonchev–Trinajstić information content (AvgIpc) is 2.79. The van der Waals surface area contributed by atoms with Crippen molar-refractivity contribution in [3.63, 3.8) is 0 Å². The van der Waals surface area contributed by atoms with Gasteiger partial charge >= 0.3 is 0 Å². The highest BCUT2D eigenvalue weighted by molar-refractivity contribution is 5.99. The van der Waals surface area contributed by atoms with Crippen LogP contribution in [0.2, 0.25) is 0 Å². The van der Waals surface area contributed by atoms with Crippen molar-refractivity contribution in [3.05, 3.63) is 71.5 Å². The summed E-state index contributed by atoms with van der Waals surface area (Å²) in [5.41, 5.74) is 1.20. The Bertz CT molecular complexity index is 984. The third-order valence-corrected chi connectivity index (χ3v) is 5.71. The van der Waals surface area contributed by atoms with Gasteiger partial charge in [-0.3, -0.25) is 14.4 Å². The summed E-state index contributed by atoms with van der Waals surface area (Å²) in [6.45, 7) is 2.67. The number of nitrogens with one attached hydrogen (secondary N) is 1. The van der Waals surface area contributed by atoms with E-state index in [1.54, 1.807) is 6.92 Å². The molecule has 2 aliphatic rings. The first kappa shape index (κ1) is 21.0. The van der Waals surface area contributed by atoms with Gasteiger partial charge in [0.25, 0.3) is 5.91 Å². The molecule has 0 aliphatic carbocycles. The van der Waals surface area contributed by atoms with Crippen LogP contribution in [0.4, 0.5) is 4.39 Å². The zero-order valence-electron chi connectivity index (χ0n) is 17.2. The van der Waals surface area contributed by atoms with Gasteiger partial charge in [0.15, 0.2) is 0 Å². The number of ether oxygens (including phenoxy) is 1. The Labute approximate surface area is 179 Å². The number of hydrogen-bond donors (Lipinski definition) is 1. The Morgan fingerprint density at radius 2 is 1.94 bits per heavy atom. The molecule has 0 unspecified atom stereocenters. The van der Waals surface area contributed by atoms with Crippen molar-refractivity contribution in [2.24, 2.45) is 0 Å². The summed E-state index contributed by atoms with van der Waals surface area (Å²) < 4.78 is 19.3. The quantitative estimate of drug-likeness (QED) is 0.789. The number of rotatable bonds is 5. The minimum atomic E-state index is -0.780. The van der Waals surface area contributed by atoms with Gasteiger partial charge in [-0.2, -0.15) is 0 Å². The molecule has 2 fully saturated rings. The highest BCUT2D eigenvalue weighted by Gasteiger charge is 2.46. The van der Waals surface area contributed by atoms with E-state index in [4.69, 9.17) is 4.74 Å². The van der Waals surface area contributed by atoms with Crippen molar-refractivity contribution >= 4 is 17.7 Å². The van der Waals surface area contributed by atoms with Crippen molar-refractivity contribution in [1.82, 2.24) is 15.1 Å². The summed E-state index contributed by atoms with van der Waals surface area (Å²) in [6.07, 6.45) is -0.510. The Morgan fingerprint density at radius 1 is 1.16 bits per heavy atom. The van der Waals surface area contributed by atoms with Crippen LogP contribution in [0.5, 0.6) is 0 Å². The molecule has 2 aromatic rings. The number of fused-ring (bicyclic) bond motifs is 1. The van der Waals surface area contributed by atoms with E-state index in [0.29, 0.717) is 6.61 Å². The van der Waals surface area contributed by atoms with Gasteiger partial charge in [0.2, 0.25) is 11.8 Å².